The Morgan fingerprint density at radius 3 is 3.12 bits per heavy atom. The van der Waals surface area contributed by atoms with Crippen molar-refractivity contribution in [2.24, 2.45) is 0 Å². The second kappa shape index (κ2) is 6.65. The number of nitrogens with zero attached hydrogens (tertiary/aromatic N) is 1. The van der Waals surface area contributed by atoms with Crippen LogP contribution in [0.3, 0.4) is 0 Å². The van der Waals surface area contributed by atoms with Gasteiger partial charge < -0.3 is 14.6 Å². The number of aromatic nitrogens is 1. The summed E-state index contributed by atoms with van der Waals surface area (Å²) in [4.78, 5) is 11.7. The highest BCUT2D eigenvalue weighted by Crippen LogP contribution is 2.05. The molecule has 6 heteroatoms. The van der Waals surface area contributed by atoms with Crippen molar-refractivity contribution in [3.05, 3.63) is 17.5 Å². The first kappa shape index (κ1) is 13.2. The van der Waals surface area contributed by atoms with E-state index in [0.717, 1.165) is 11.8 Å². The molecule has 1 aromatic heterocycles. The zero-order valence-electron chi connectivity index (χ0n) is 9.33. The van der Waals surface area contributed by atoms with Crippen molar-refractivity contribution in [3.8, 4) is 0 Å². The van der Waals surface area contributed by atoms with Gasteiger partial charge in [-0.15, -0.1) is 0 Å². The number of nitrogens with one attached hydrogen (secondary N) is 1. The summed E-state index contributed by atoms with van der Waals surface area (Å²) in [5.74, 6) is 0.320. The van der Waals surface area contributed by atoms with Crippen LogP contribution in [0.15, 0.2) is 10.6 Å². The summed E-state index contributed by atoms with van der Waals surface area (Å²) in [6, 6.07) is 1.69. The Bertz CT molecular complexity index is 341. The van der Waals surface area contributed by atoms with Crippen molar-refractivity contribution >= 4 is 21.8 Å². The predicted octanol–water partition coefficient (Wildman–Crippen LogP) is 1.72. The monoisotopic (exact) mass is 290 g/mol. The van der Waals surface area contributed by atoms with Crippen LogP contribution in [-0.4, -0.2) is 29.5 Å². The molecule has 1 amide bonds. The van der Waals surface area contributed by atoms with Crippen LogP contribution < -0.4 is 5.32 Å². The minimum Gasteiger partial charge on any atom is -0.377 e. The summed E-state index contributed by atoms with van der Waals surface area (Å²) >= 11 is 3.32. The zero-order chi connectivity index (χ0) is 12.0. The van der Waals surface area contributed by atoms with Gasteiger partial charge in [0.15, 0.2) is 11.5 Å². The van der Waals surface area contributed by atoms with Crippen molar-refractivity contribution in [3.63, 3.8) is 0 Å². The lowest BCUT2D eigenvalue weighted by atomic mass is 10.2. The largest absolute Gasteiger partial charge is 0.377 e. The van der Waals surface area contributed by atoms with Gasteiger partial charge in [-0.1, -0.05) is 21.1 Å². The molecule has 0 radical (unpaired) electrons. The van der Waals surface area contributed by atoms with Crippen LogP contribution in [0.25, 0.3) is 0 Å². The van der Waals surface area contributed by atoms with Gasteiger partial charge in [-0.2, -0.15) is 0 Å². The van der Waals surface area contributed by atoms with E-state index in [1.165, 1.54) is 0 Å². The molecule has 0 saturated heterocycles. The fourth-order valence-corrected chi connectivity index (χ4v) is 1.85. The van der Waals surface area contributed by atoms with E-state index in [2.05, 4.69) is 26.4 Å². The normalized spacial score (nSPS) is 12.4. The first-order valence-electron chi connectivity index (χ1n) is 4.98. The minimum atomic E-state index is -0.223. The lowest BCUT2D eigenvalue weighted by Crippen LogP contribution is -2.32. The topological polar surface area (TPSA) is 64.4 Å². The molecule has 5 nitrogen and oxygen atoms in total. The lowest BCUT2D eigenvalue weighted by molar-refractivity contribution is 0.0929. The van der Waals surface area contributed by atoms with Crippen LogP contribution in [0.5, 0.6) is 0 Å². The van der Waals surface area contributed by atoms with Crippen LogP contribution in [0.1, 0.15) is 29.6 Å². The second-order valence-corrected chi connectivity index (χ2v) is 4.26. The smallest absolute Gasteiger partial charge is 0.273 e. The van der Waals surface area contributed by atoms with E-state index >= 15 is 0 Å². The van der Waals surface area contributed by atoms with Crippen LogP contribution in [0.2, 0.25) is 0 Å². The fourth-order valence-electron chi connectivity index (χ4n) is 1.16. The van der Waals surface area contributed by atoms with Crippen molar-refractivity contribution in [2.75, 3.05) is 12.4 Å². The maximum Gasteiger partial charge on any atom is 0.273 e. The van der Waals surface area contributed by atoms with Crippen molar-refractivity contribution in [2.45, 2.75) is 26.0 Å². The SMILES string of the molecule is COCc1cc(C(=O)NC(C)CCBr)no1. The number of hydrogen-bond acceptors (Lipinski definition) is 4. The number of alkyl halides is 1. The Labute approximate surface area is 103 Å². The molecule has 1 unspecified atom stereocenters. The quantitative estimate of drug-likeness (QED) is 0.811. The molecule has 16 heavy (non-hydrogen) atoms. The Morgan fingerprint density at radius 2 is 2.50 bits per heavy atom. The summed E-state index contributed by atoms with van der Waals surface area (Å²) in [6.45, 7) is 2.26. The number of hydrogen-bond donors (Lipinski definition) is 1. The first-order chi connectivity index (χ1) is 7.67. The number of rotatable bonds is 6. The average molecular weight is 291 g/mol. The summed E-state index contributed by atoms with van der Waals surface area (Å²) in [5, 5.41) is 7.34. The summed E-state index contributed by atoms with van der Waals surface area (Å²) in [7, 11) is 1.56. The zero-order valence-corrected chi connectivity index (χ0v) is 10.9. The van der Waals surface area contributed by atoms with Gasteiger partial charge in [0.05, 0.1) is 0 Å². The number of carbonyl (C=O) groups excluding carboxylic acids is 1. The minimum absolute atomic E-state index is 0.106. The molecular formula is C10H15BrN2O3. The fraction of sp³-hybridized carbons (Fsp3) is 0.600. The standard InChI is InChI=1S/C10H15BrN2O3/c1-7(3-4-11)12-10(14)9-5-8(6-15-2)16-13-9/h5,7H,3-4,6H2,1-2H3,(H,12,14). The van der Waals surface area contributed by atoms with Gasteiger partial charge in [0.1, 0.15) is 6.61 Å². The van der Waals surface area contributed by atoms with E-state index in [1.807, 2.05) is 6.92 Å². The van der Waals surface area contributed by atoms with Crippen molar-refractivity contribution < 1.29 is 14.1 Å². The third kappa shape index (κ3) is 3.94. The van der Waals surface area contributed by atoms with E-state index in [4.69, 9.17) is 9.26 Å². The van der Waals surface area contributed by atoms with Gasteiger partial charge in [0.25, 0.3) is 5.91 Å². The molecule has 90 valence electrons. The number of ether oxygens (including phenoxy) is 1. The first-order valence-corrected chi connectivity index (χ1v) is 6.11. The number of halogens is 1. The summed E-state index contributed by atoms with van der Waals surface area (Å²) in [5.41, 5.74) is 0.286. The lowest BCUT2D eigenvalue weighted by Gasteiger charge is -2.10. The molecule has 0 spiro atoms. The number of methoxy groups -OCH3 is 1. The second-order valence-electron chi connectivity index (χ2n) is 3.46. The van der Waals surface area contributed by atoms with E-state index < -0.39 is 0 Å². The van der Waals surface area contributed by atoms with Gasteiger partial charge >= 0.3 is 0 Å². The van der Waals surface area contributed by atoms with Crippen LogP contribution in [0, 0.1) is 0 Å². The van der Waals surface area contributed by atoms with E-state index in [9.17, 15) is 4.79 Å². The van der Waals surface area contributed by atoms with E-state index in [1.54, 1.807) is 13.2 Å². The molecule has 0 aromatic carbocycles. The maximum atomic E-state index is 11.7. The Hall–Kier alpha value is -0.880. The Kier molecular flexibility index (Phi) is 5.48. The average Bonchev–Trinajstić information content (AvgIpc) is 2.67. The highest BCUT2D eigenvalue weighted by atomic mass is 79.9. The van der Waals surface area contributed by atoms with Gasteiger partial charge in [-0.3, -0.25) is 4.79 Å². The van der Waals surface area contributed by atoms with Crippen molar-refractivity contribution in [1.29, 1.82) is 0 Å². The molecule has 0 aliphatic heterocycles. The highest BCUT2D eigenvalue weighted by molar-refractivity contribution is 9.09. The van der Waals surface area contributed by atoms with E-state index in [-0.39, 0.29) is 17.6 Å². The van der Waals surface area contributed by atoms with Crippen LogP contribution in [-0.2, 0) is 11.3 Å². The molecule has 1 N–H and O–H groups in total. The molecule has 0 bridgehead atoms. The molecule has 0 aliphatic carbocycles. The maximum absolute atomic E-state index is 11.7. The van der Waals surface area contributed by atoms with Crippen molar-refractivity contribution in [1.82, 2.24) is 10.5 Å². The van der Waals surface area contributed by atoms with Gasteiger partial charge in [-0.05, 0) is 13.3 Å². The summed E-state index contributed by atoms with van der Waals surface area (Å²) in [6.07, 6.45) is 0.870. The predicted molar refractivity (Wildman–Crippen MR) is 62.6 cm³/mol. The van der Waals surface area contributed by atoms with Gasteiger partial charge in [-0.25, -0.2) is 0 Å². The van der Waals surface area contributed by atoms with Crippen LogP contribution >= 0.6 is 15.9 Å². The molecule has 1 rings (SSSR count). The molecule has 0 aliphatic rings. The number of amides is 1. The number of carbonyl (C=O) groups is 1. The summed E-state index contributed by atoms with van der Waals surface area (Å²) < 4.78 is 9.79. The Balaban J connectivity index is 2.52. The molecule has 1 aromatic rings. The molecule has 0 fully saturated rings. The molecule has 1 atom stereocenters. The molecular weight excluding hydrogens is 276 g/mol. The highest BCUT2D eigenvalue weighted by Gasteiger charge is 2.14. The third-order valence-corrected chi connectivity index (χ3v) is 2.46. The third-order valence-electron chi connectivity index (χ3n) is 2.00. The molecule has 1 heterocycles. The van der Waals surface area contributed by atoms with Crippen LogP contribution in [0.4, 0.5) is 0 Å². The molecule has 0 saturated carbocycles. The van der Waals surface area contributed by atoms with Gasteiger partial charge in [0.2, 0.25) is 0 Å². The van der Waals surface area contributed by atoms with Gasteiger partial charge in [0, 0.05) is 24.5 Å². The van der Waals surface area contributed by atoms with E-state index in [0.29, 0.717) is 12.4 Å². The Morgan fingerprint density at radius 1 is 1.75 bits per heavy atom.